The van der Waals surface area contributed by atoms with Crippen LogP contribution in [0.4, 0.5) is 24.8 Å². The predicted molar refractivity (Wildman–Crippen MR) is 139 cm³/mol. The first-order valence-electron chi connectivity index (χ1n) is 13.5. The molecular weight excluding hydrogens is 493 g/mol. The number of alkyl halides is 3. The van der Waals surface area contributed by atoms with E-state index in [1.807, 2.05) is 9.80 Å². The van der Waals surface area contributed by atoms with Crippen molar-refractivity contribution in [1.29, 1.82) is 0 Å². The summed E-state index contributed by atoms with van der Waals surface area (Å²) >= 11 is 0. The van der Waals surface area contributed by atoms with E-state index in [0.29, 0.717) is 50.9 Å². The average molecular weight is 527 g/mol. The molecule has 1 aromatic heterocycles. The fourth-order valence-corrected chi connectivity index (χ4v) is 6.63. The maximum atomic E-state index is 13.8. The minimum absolute atomic E-state index is 0.0612. The number of carbonyl (C=O) groups is 1. The molecule has 4 heterocycles. The number of piperidine rings is 1. The van der Waals surface area contributed by atoms with Crippen LogP contribution < -0.4 is 9.80 Å². The van der Waals surface area contributed by atoms with Crippen molar-refractivity contribution in [2.45, 2.75) is 43.3 Å². The van der Waals surface area contributed by atoms with Gasteiger partial charge in [0, 0.05) is 64.5 Å². The predicted octanol–water partition coefficient (Wildman–Crippen LogP) is 3.50. The number of fused-ring (bicyclic) bond motifs is 2. The second-order valence-electron chi connectivity index (χ2n) is 11.0. The maximum absolute atomic E-state index is 13.8. The van der Waals surface area contributed by atoms with Gasteiger partial charge in [-0.25, -0.2) is 9.97 Å². The van der Waals surface area contributed by atoms with Crippen LogP contribution in [0.25, 0.3) is 0 Å². The topological polar surface area (TPSA) is 55.8 Å². The molecule has 1 aromatic carbocycles. The zero-order valence-electron chi connectivity index (χ0n) is 21.5. The third-order valence-electron chi connectivity index (χ3n) is 8.96. The minimum atomic E-state index is -4.61. The monoisotopic (exact) mass is 526 g/mol. The van der Waals surface area contributed by atoms with Gasteiger partial charge in [0.25, 0.3) is 0 Å². The summed E-state index contributed by atoms with van der Waals surface area (Å²) in [4.78, 5) is 27.7. The van der Waals surface area contributed by atoms with Crippen molar-refractivity contribution in [3.05, 3.63) is 59.9 Å². The Morgan fingerprint density at radius 3 is 2.26 bits per heavy atom. The van der Waals surface area contributed by atoms with Crippen LogP contribution in [0.1, 0.15) is 36.2 Å². The Hall–Kier alpha value is -3.14. The summed E-state index contributed by atoms with van der Waals surface area (Å²) in [5.74, 6) is -0.431. The van der Waals surface area contributed by atoms with Gasteiger partial charge in [-0.3, -0.25) is 9.69 Å². The lowest BCUT2D eigenvalue weighted by Gasteiger charge is -2.48. The highest BCUT2D eigenvalue weighted by Gasteiger charge is 2.43. The first kappa shape index (κ1) is 25.2. The highest BCUT2D eigenvalue weighted by molar-refractivity contribution is 5.87. The van der Waals surface area contributed by atoms with Gasteiger partial charge < -0.3 is 14.7 Å². The van der Waals surface area contributed by atoms with Gasteiger partial charge in [-0.1, -0.05) is 30.8 Å². The lowest BCUT2D eigenvalue weighted by atomic mass is 9.74. The summed E-state index contributed by atoms with van der Waals surface area (Å²) in [5, 5.41) is 0. The van der Waals surface area contributed by atoms with E-state index in [9.17, 15) is 18.0 Å². The fraction of sp³-hybridized carbons (Fsp3) is 0.536. The van der Waals surface area contributed by atoms with E-state index in [2.05, 4.69) is 45.7 Å². The van der Waals surface area contributed by atoms with Crippen molar-refractivity contribution in [2.75, 3.05) is 62.2 Å². The number of halogens is 3. The van der Waals surface area contributed by atoms with Gasteiger partial charge in [0.05, 0.1) is 0 Å². The molecule has 6 rings (SSSR count). The summed E-state index contributed by atoms with van der Waals surface area (Å²) in [6.07, 6.45) is 0.731. The van der Waals surface area contributed by atoms with Crippen LogP contribution >= 0.6 is 0 Å². The van der Waals surface area contributed by atoms with Gasteiger partial charge in [-0.05, 0) is 48.3 Å². The van der Waals surface area contributed by atoms with Crippen LogP contribution in [0.2, 0.25) is 0 Å². The van der Waals surface area contributed by atoms with Crippen molar-refractivity contribution in [1.82, 2.24) is 19.8 Å². The van der Waals surface area contributed by atoms with Gasteiger partial charge in [-0.2, -0.15) is 13.2 Å². The Balaban J connectivity index is 1.14. The van der Waals surface area contributed by atoms with Crippen molar-refractivity contribution < 1.29 is 18.0 Å². The fourth-order valence-electron chi connectivity index (χ4n) is 6.63. The molecule has 0 N–H and O–H groups in total. The first-order valence-corrected chi connectivity index (χ1v) is 13.5. The molecule has 202 valence electrons. The normalized spacial score (nSPS) is 21.9. The number of hydrogen-bond donors (Lipinski definition) is 0. The van der Waals surface area contributed by atoms with E-state index in [-0.39, 0.29) is 17.4 Å². The first-order chi connectivity index (χ1) is 18.3. The number of benzene rings is 1. The molecule has 0 radical (unpaired) electrons. The molecule has 1 aliphatic carbocycles. The Bertz CT molecular complexity index is 1210. The Morgan fingerprint density at radius 2 is 1.61 bits per heavy atom. The average Bonchev–Trinajstić information content (AvgIpc) is 3.25. The second-order valence-corrected chi connectivity index (χ2v) is 11.0. The van der Waals surface area contributed by atoms with E-state index >= 15 is 0 Å². The van der Waals surface area contributed by atoms with E-state index < -0.39 is 12.0 Å². The molecule has 3 saturated heterocycles. The summed E-state index contributed by atoms with van der Waals surface area (Å²) in [7, 11) is 0. The quantitative estimate of drug-likeness (QED) is 0.569. The summed E-state index contributed by atoms with van der Waals surface area (Å²) < 4.78 is 41.4. The largest absolute Gasteiger partial charge is 0.451 e. The molecule has 10 heteroatoms. The molecule has 0 atom stereocenters. The molecule has 7 nitrogen and oxygen atoms in total. The van der Waals surface area contributed by atoms with E-state index in [1.54, 1.807) is 11.0 Å². The van der Waals surface area contributed by atoms with E-state index in [0.717, 1.165) is 38.8 Å². The van der Waals surface area contributed by atoms with Gasteiger partial charge in [0.2, 0.25) is 11.7 Å². The van der Waals surface area contributed by atoms with E-state index in [4.69, 9.17) is 0 Å². The Labute approximate surface area is 220 Å². The lowest BCUT2D eigenvalue weighted by molar-refractivity contribution is -0.144. The molecule has 38 heavy (non-hydrogen) atoms. The highest BCUT2D eigenvalue weighted by atomic mass is 19.4. The molecular formula is C28H33F3N6O. The minimum Gasteiger partial charge on any atom is -0.356 e. The zero-order chi connectivity index (χ0) is 26.5. The van der Waals surface area contributed by atoms with E-state index in [1.165, 1.54) is 17.2 Å². The van der Waals surface area contributed by atoms with Crippen molar-refractivity contribution in [2.24, 2.45) is 0 Å². The molecule has 1 amide bonds. The highest BCUT2D eigenvalue weighted by Crippen LogP contribution is 2.46. The van der Waals surface area contributed by atoms with Crippen molar-refractivity contribution >= 4 is 17.5 Å². The number of piperazine rings is 1. The standard InChI is InChI=1S/C28H33F3N6O/c1-2-25(38)36-15-13-34(14-16-36)21-18-37(19-21)24-17-23(32-26(33-24)28(29,30)31)35-11-9-27(10-12-35)8-7-20-5-3-4-6-22(20)27/h2-6,17,21H,1,7-16,18-19H2. The van der Waals surface area contributed by atoms with Crippen LogP contribution in [-0.4, -0.2) is 84.1 Å². The maximum Gasteiger partial charge on any atom is 0.451 e. The summed E-state index contributed by atoms with van der Waals surface area (Å²) in [6.45, 7) is 8.91. The molecule has 0 saturated carbocycles. The Morgan fingerprint density at radius 1 is 0.947 bits per heavy atom. The second kappa shape index (κ2) is 9.55. The molecule has 0 bridgehead atoms. The summed E-state index contributed by atoms with van der Waals surface area (Å²) in [5.41, 5.74) is 2.95. The Kier molecular flexibility index (Phi) is 6.32. The number of aromatic nitrogens is 2. The third-order valence-corrected chi connectivity index (χ3v) is 8.96. The van der Waals surface area contributed by atoms with Gasteiger partial charge in [-0.15, -0.1) is 0 Å². The van der Waals surface area contributed by atoms with Crippen LogP contribution in [0.15, 0.2) is 43.0 Å². The number of anilines is 2. The van der Waals surface area contributed by atoms with Crippen LogP contribution in [-0.2, 0) is 22.8 Å². The van der Waals surface area contributed by atoms with Gasteiger partial charge in [0.15, 0.2) is 0 Å². The summed E-state index contributed by atoms with van der Waals surface area (Å²) in [6, 6.07) is 10.6. The zero-order valence-corrected chi connectivity index (χ0v) is 21.5. The smallest absolute Gasteiger partial charge is 0.356 e. The molecule has 3 fully saturated rings. The SMILES string of the molecule is C=CC(=O)N1CCN(C2CN(c3cc(N4CCC5(CCc6ccccc65)CC4)nc(C(F)(F)F)n3)C2)CC1. The number of amides is 1. The van der Waals surface area contributed by atoms with Crippen molar-refractivity contribution in [3.8, 4) is 0 Å². The van der Waals surface area contributed by atoms with Crippen molar-refractivity contribution in [3.63, 3.8) is 0 Å². The molecule has 1 spiro atoms. The number of carbonyl (C=O) groups excluding carboxylic acids is 1. The van der Waals surface area contributed by atoms with Crippen LogP contribution in [0, 0.1) is 0 Å². The van der Waals surface area contributed by atoms with Gasteiger partial charge >= 0.3 is 6.18 Å². The number of rotatable bonds is 4. The number of nitrogens with zero attached hydrogens (tertiary/aromatic N) is 6. The molecule has 2 aromatic rings. The number of hydrogen-bond acceptors (Lipinski definition) is 6. The third kappa shape index (κ3) is 4.52. The molecule has 4 aliphatic rings. The number of aryl methyl sites for hydroxylation is 1. The molecule has 3 aliphatic heterocycles. The lowest BCUT2D eigenvalue weighted by Crippen LogP contribution is -2.63. The van der Waals surface area contributed by atoms with Crippen LogP contribution in [0.5, 0.6) is 0 Å². The van der Waals surface area contributed by atoms with Crippen LogP contribution in [0.3, 0.4) is 0 Å². The van der Waals surface area contributed by atoms with Gasteiger partial charge in [0.1, 0.15) is 11.6 Å². The molecule has 0 unspecified atom stereocenters.